The summed E-state index contributed by atoms with van der Waals surface area (Å²) in [6.07, 6.45) is 3.05. The lowest BCUT2D eigenvalue weighted by Crippen LogP contribution is -2.48. The van der Waals surface area contributed by atoms with Gasteiger partial charge in [-0.1, -0.05) is 30.3 Å². The lowest BCUT2D eigenvalue weighted by atomic mass is 10.1. The third-order valence-electron chi connectivity index (χ3n) is 5.30. The van der Waals surface area contributed by atoms with Crippen molar-refractivity contribution in [2.24, 2.45) is 0 Å². The van der Waals surface area contributed by atoms with E-state index in [0.29, 0.717) is 5.39 Å². The molecule has 1 N–H and O–H groups in total. The first-order valence-corrected chi connectivity index (χ1v) is 9.60. The van der Waals surface area contributed by atoms with Crippen LogP contribution in [0.4, 0.5) is 11.4 Å². The van der Waals surface area contributed by atoms with Crippen LogP contribution in [0, 0.1) is 10.1 Å². The number of non-ortho nitro benzene ring substituents is 1. The second-order valence-electron chi connectivity index (χ2n) is 7.11. The Hall–Kier alpha value is -3.12. The van der Waals surface area contributed by atoms with Crippen molar-refractivity contribution in [3.05, 3.63) is 76.3 Å². The fraction of sp³-hybridized carbons (Fsp3) is 0.273. The molecule has 1 aliphatic heterocycles. The molecule has 28 heavy (non-hydrogen) atoms. The van der Waals surface area contributed by atoms with Gasteiger partial charge in [-0.2, -0.15) is 0 Å². The number of phenolic OH excluding ortho intramolecular Hbond substituents is 1. The maximum Gasteiger partial charge on any atom is 0.277 e. The monoisotopic (exact) mass is 377 g/mol. The molecule has 0 saturated carbocycles. The number of hydrogen-bond donors (Lipinski definition) is 1. The molecule has 0 radical (unpaired) electrons. The van der Waals surface area contributed by atoms with Crippen LogP contribution in [0.1, 0.15) is 18.4 Å². The Kier molecular flexibility index (Phi) is 5.12. The number of aromatic hydroxyl groups is 1. The van der Waals surface area contributed by atoms with Crippen LogP contribution in [-0.2, 0) is 6.42 Å². The molecule has 6 nitrogen and oxygen atoms in total. The number of hydrogen-bond acceptors (Lipinski definition) is 5. The maximum atomic E-state index is 11.4. The molecule has 0 amide bonds. The van der Waals surface area contributed by atoms with Crippen LogP contribution in [0.15, 0.2) is 60.7 Å². The summed E-state index contributed by atoms with van der Waals surface area (Å²) in [6, 6.07) is 18.4. The van der Waals surface area contributed by atoms with Gasteiger partial charge in [0.2, 0.25) is 0 Å². The van der Waals surface area contributed by atoms with Crippen LogP contribution in [0.25, 0.3) is 10.8 Å². The van der Waals surface area contributed by atoms with Gasteiger partial charge in [0.1, 0.15) is 5.75 Å². The van der Waals surface area contributed by atoms with Gasteiger partial charge in [0, 0.05) is 31.1 Å². The molecule has 1 fully saturated rings. The molecule has 144 valence electrons. The summed E-state index contributed by atoms with van der Waals surface area (Å²) in [7, 11) is 0. The molecule has 0 unspecified atom stereocenters. The summed E-state index contributed by atoms with van der Waals surface area (Å²) in [5, 5.41) is 27.3. The highest BCUT2D eigenvalue weighted by Gasteiger charge is 2.24. The average molecular weight is 377 g/mol. The van der Waals surface area contributed by atoms with Gasteiger partial charge in [-0.3, -0.25) is 10.1 Å². The van der Waals surface area contributed by atoms with Crippen molar-refractivity contribution in [3.8, 4) is 5.75 Å². The lowest BCUT2D eigenvalue weighted by molar-refractivity contribution is -0.383. The molecular weight excluding hydrogens is 354 g/mol. The highest BCUT2D eigenvalue weighted by Crippen LogP contribution is 2.35. The van der Waals surface area contributed by atoms with E-state index in [0.717, 1.165) is 55.5 Å². The predicted molar refractivity (Wildman–Crippen MR) is 111 cm³/mol. The normalized spacial score (nSPS) is 15.1. The first-order valence-electron chi connectivity index (χ1n) is 9.60. The molecule has 0 bridgehead atoms. The number of benzene rings is 3. The van der Waals surface area contributed by atoms with Crippen LogP contribution in [-0.4, -0.2) is 34.7 Å². The molecule has 0 atom stereocenters. The van der Waals surface area contributed by atoms with E-state index in [9.17, 15) is 15.2 Å². The molecule has 1 aliphatic rings. The van der Waals surface area contributed by atoms with Crippen molar-refractivity contribution in [2.75, 3.05) is 24.6 Å². The SMILES string of the molecule is O=[N+]([O-])c1ccc(N2CCCCN2CCc2cccc(O)c2)c2ccccc12. The van der Waals surface area contributed by atoms with E-state index in [4.69, 9.17) is 0 Å². The number of nitro benzene ring substituents is 1. The van der Waals surface area contributed by atoms with E-state index in [-0.39, 0.29) is 16.4 Å². The van der Waals surface area contributed by atoms with Gasteiger partial charge >= 0.3 is 0 Å². The minimum Gasteiger partial charge on any atom is -0.508 e. The molecular formula is C22H23N3O3. The van der Waals surface area contributed by atoms with E-state index >= 15 is 0 Å². The van der Waals surface area contributed by atoms with Crippen LogP contribution >= 0.6 is 0 Å². The molecule has 1 heterocycles. The number of phenols is 1. The van der Waals surface area contributed by atoms with Crippen LogP contribution in [0.5, 0.6) is 5.75 Å². The van der Waals surface area contributed by atoms with Gasteiger partial charge < -0.3 is 10.1 Å². The van der Waals surface area contributed by atoms with Crippen molar-refractivity contribution < 1.29 is 10.0 Å². The van der Waals surface area contributed by atoms with Crippen molar-refractivity contribution in [2.45, 2.75) is 19.3 Å². The second-order valence-corrected chi connectivity index (χ2v) is 7.11. The topological polar surface area (TPSA) is 69.9 Å². The number of nitro groups is 1. The Balaban J connectivity index is 1.64. The van der Waals surface area contributed by atoms with Gasteiger partial charge in [-0.05, 0) is 49.1 Å². The third-order valence-corrected chi connectivity index (χ3v) is 5.30. The number of rotatable bonds is 5. The zero-order valence-electron chi connectivity index (χ0n) is 15.6. The Morgan fingerprint density at radius 2 is 1.75 bits per heavy atom. The maximum absolute atomic E-state index is 11.4. The molecule has 0 aliphatic carbocycles. The van der Waals surface area contributed by atoms with Gasteiger partial charge in [0.25, 0.3) is 5.69 Å². The molecule has 4 rings (SSSR count). The molecule has 3 aromatic carbocycles. The Bertz CT molecular complexity index is 1010. The highest BCUT2D eigenvalue weighted by atomic mass is 16.6. The summed E-state index contributed by atoms with van der Waals surface area (Å²) >= 11 is 0. The fourth-order valence-corrected chi connectivity index (χ4v) is 3.95. The van der Waals surface area contributed by atoms with E-state index < -0.39 is 0 Å². The fourth-order valence-electron chi connectivity index (χ4n) is 3.95. The number of anilines is 1. The van der Waals surface area contributed by atoms with Crippen molar-refractivity contribution in [1.29, 1.82) is 0 Å². The molecule has 0 aromatic heterocycles. The Morgan fingerprint density at radius 1 is 0.964 bits per heavy atom. The van der Waals surface area contributed by atoms with E-state index in [2.05, 4.69) is 10.0 Å². The average Bonchev–Trinajstić information content (AvgIpc) is 2.71. The van der Waals surface area contributed by atoms with Crippen molar-refractivity contribution in [1.82, 2.24) is 5.01 Å². The van der Waals surface area contributed by atoms with Gasteiger partial charge in [-0.25, -0.2) is 5.01 Å². The summed E-state index contributed by atoms with van der Waals surface area (Å²) in [6.45, 7) is 2.67. The summed E-state index contributed by atoms with van der Waals surface area (Å²) in [5.41, 5.74) is 2.25. The smallest absolute Gasteiger partial charge is 0.277 e. The zero-order valence-corrected chi connectivity index (χ0v) is 15.6. The lowest BCUT2D eigenvalue weighted by Gasteiger charge is -2.41. The standard InChI is InChI=1S/C22H23N3O3/c26-18-7-5-6-17(16-18)12-15-23-13-3-4-14-24(23)21-10-11-22(25(27)28)20-9-2-1-8-19(20)21/h1-2,5-11,16,26H,3-4,12-15H2. The van der Waals surface area contributed by atoms with Crippen molar-refractivity contribution >= 4 is 22.1 Å². The highest BCUT2D eigenvalue weighted by molar-refractivity contribution is 5.99. The molecule has 3 aromatic rings. The second kappa shape index (κ2) is 7.86. The molecule has 1 saturated heterocycles. The quantitative estimate of drug-likeness (QED) is 0.523. The summed E-state index contributed by atoms with van der Waals surface area (Å²) < 4.78 is 0. The molecule has 0 spiro atoms. The minimum absolute atomic E-state index is 0.141. The summed E-state index contributed by atoms with van der Waals surface area (Å²) in [5.74, 6) is 0.286. The van der Waals surface area contributed by atoms with Crippen LogP contribution < -0.4 is 5.01 Å². The third kappa shape index (κ3) is 3.64. The van der Waals surface area contributed by atoms with Gasteiger partial charge in [0.15, 0.2) is 0 Å². The summed E-state index contributed by atoms with van der Waals surface area (Å²) in [4.78, 5) is 11.1. The minimum atomic E-state index is -0.317. The van der Waals surface area contributed by atoms with Crippen LogP contribution in [0.3, 0.4) is 0 Å². The van der Waals surface area contributed by atoms with Gasteiger partial charge in [-0.15, -0.1) is 0 Å². The first-order chi connectivity index (χ1) is 13.6. The van der Waals surface area contributed by atoms with Gasteiger partial charge in [0.05, 0.1) is 16.0 Å². The number of nitrogens with zero attached hydrogens (tertiary/aromatic N) is 3. The Morgan fingerprint density at radius 3 is 2.54 bits per heavy atom. The van der Waals surface area contributed by atoms with Crippen molar-refractivity contribution in [3.63, 3.8) is 0 Å². The van der Waals surface area contributed by atoms with E-state index in [1.807, 2.05) is 42.5 Å². The van der Waals surface area contributed by atoms with Crippen LogP contribution in [0.2, 0.25) is 0 Å². The largest absolute Gasteiger partial charge is 0.508 e. The number of hydrazine groups is 1. The zero-order chi connectivity index (χ0) is 19.5. The Labute approximate surface area is 163 Å². The number of fused-ring (bicyclic) bond motifs is 1. The first kappa shape index (κ1) is 18.3. The molecule has 6 heteroatoms. The van der Waals surface area contributed by atoms with E-state index in [1.54, 1.807) is 18.2 Å². The van der Waals surface area contributed by atoms with E-state index in [1.165, 1.54) is 0 Å². The predicted octanol–water partition coefficient (Wildman–Crippen LogP) is 4.51.